The number of hydrogen-bond acceptors (Lipinski definition) is 2. The Bertz CT molecular complexity index is 423. The van der Waals surface area contributed by atoms with E-state index in [1.807, 2.05) is 13.1 Å². The third-order valence-corrected chi connectivity index (χ3v) is 4.58. The van der Waals surface area contributed by atoms with E-state index in [4.69, 9.17) is 0 Å². The zero-order valence-corrected chi connectivity index (χ0v) is 12.3. The fourth-order valence-electron chi connectivity index (χ4n) is 2.87. The van der Waals surface area contributed by atoms with Crippen molar-refractivity contribution in [3.05, 3.63) is 29.6 Å². The summed E-state index contributed by atoms with van der Waals surface area (Å²) >= 11 is 0. The van der Waals surface area contributed by atoms with Crippen molar-refractivity contribution in [1.29, 1.82) is 0 Å². The van der Waals surface area contributed by atoms with Gasteiger partial charge in [0.05, 0.1) is 5.69 Å². The number of piperidine rings is 1. The smallest absolute Gasteiger partial charge is 0.146 e. The third-order valence-electron chi connectivity index (χ3n) is 4.58. The van der Waals surface area contributed by atoms with E-state index in [0.29, 0.717) is 12.0 Å². The quantitative estimate of drug-likeness (QED) is 0.894. The van der Waals surface area contributed by atoms with Crippen LogP contribution in [0.25, 0.3) is 0 Å². The summed E-state index contributed by atoms with van der Waals surface area (Å²) in [7, 11) is 1.90. The van der Waals surface area contributed by atoms with Crippen LogP contribution in [0.5, 0.6) is 0 Å². The molecule has 2 rings (SSSR count). The number of nitrogens with zero attached hydrogens (tertiary/aromatic N) is 1. The molecule has 1 heterocycles. The van der Waals surface area contributed by atoms with Gasteiger partial charge in [-0.25, -0.2) is 4.39 Å². The van der Waals surface area contributed by atoms with E-state index in [9.17, 15) is 4.39 Å². The molecule has 1 fully saturated rings. The fourth-order valence-corrected chi connectivity index (χ4v) is 2.87. The first-order chi connectivity index (χ1) is 9.09. The average molecular weight is 264 g/mol. The molecule has 106 valence electrons. The SMILES string of the molecule is CCC1(C)CCN(c2c(F)cccc2CNC)CC1. The number of halogens is 1. The first-order valence-electron chi connectivity index (χ1n) is 7.26. The van der Waals surface area contributed by atoms with Crippen molar-refractivity contribution in [1.82, 2.24) is 5.32 Å². The van der Waals surface area contributed by atoms with Crippen LogP contribution in [0, 0.1) is 11.2 Å². The fraction of sp³-hybridized carbons (Fsp3) is 0.625. The van der Waals surface area contributed by atoms with Crippen LogP contribution < -0.4 is 10.2 Å². The van der Waals surface area contributed by atoms with Crippen molar-refractivity contribution in [2.75, 3.05) is 25.0 Å². The van der Waals surface area contributed by atoms with E-state index >= 15 is 0 Å². The molecule has 0 aliphatic carbocycles. The Hall–Kier alpha value is -1.09. The van der Waals surface area contributed by atoms with Gasteiger partial charge in [-0.3, -0.25) is 0 Å². The highest BCUT2D eigenvalue weighted by molar-refractivity contribution is 5.55. The van der Waals surface area contributed by atoms with E-state index in [-0.39, 0.29) is 5.82 Å². The van der Waals surface area contributed by atoms with Crippen LogP contribution in [0.1, 0.15) is 38.7 Å². The van der Waals surface area contributed by atoms with Gasteiger partial charge in [0.25, 0.3) is 0 Å². The lowest BCUT2D eigenvalue weighted by Crippen LogP contribution is -2.39. The molecule has 1 saturated heterocycles. The lowest BCUT2D eigenvalue weighted by molar-refractivity contribution is 0.237. The predicted octanol–water partition coefficient (Wildman–Crippen LogP) is 3.56. The molecule has 0 radical (unpaired) electrons. The van der Waals surface area contributed by atoms with Crippen molar-refractivity contribution in [2.24, 2.45) is 5.41 Å². The van der Waals surface area contributed by atoms with Gasteiger partial charge in [-0.05, 0) is 36.9 Å². The summed E-state index contributed by atoms with van der Waals surface area (Å²) < 4.78 is 14.2. The van der Waals surface area contributed by atoms with Crippen molar-refractivity contribution < 1.29 is 4.39 Å². The van der Waals surface area contributed by atoms with Gasteiger partial charge in [-0.15, -0.1) is 0 Å². The van der Waals surface area contributed by atoms with Crippen LogP contribution in [0.15, 0.2) is 18.2 Å². The van der Waals surface area contributed by atoms with Crippen molar-refractivity contribution >= 4 is 5.69 Å². The zero-order chi connectivity index (χ0) is 13.9. The molecular weight excluding hydrogens is 239 g/mol. The van der Waals surface area contributed by atoms with Gasteiger partial charge in [0, 0.05) is 19.6 Å². The highest BCUT2D eigenvalue weighted by atomic mass is 19.1. The molecule has 0 saturated carbocycles. The van der Waals surface area contributed by atoms with Gasteiger partial charge in [0.1, 0.15) is 5.82 Å². The summed E-state index contributed by atoms with van der Waals surface area (Å²) in [4.78, 5) is 2.22. The normalized spacial score (nSPS) is 18.6. The molecular formula is C16H25FN2. The van der Waals surface area contributed by atoms with Gasteiger partial charge in [0.2, 0.25) is 0 Å². The summed E-state index contributed by atoms with van der Waals surface area (Å²) in [6, 6.07) is 5.39. The Morgan fingerprint density at radius 2 is 2.00 bits per heavy atom. The standard InChI is InChI=1S/C16H25FN2/c1-4-16(2)8-10-19(11-9-16)15-13(12-18-3)6-5-7-14(15)17/h5-7,18H,4,8-12H2,1-3H3. The molecule has 0 bridgehead atoms. The Balaban J connectivity index is 2.19. The minimum atomic E-state index is -0.0900. The van der Waals surface area contributed by atoms with Crippen LogP contribution >= 0.6 is 0 Å². The Morgan fingerprint density at radius 1 is 1.32 bits per heavy atom. The van der Waals surface area contributed by atoms with Gasteiger partial charge >= 0.3 is 0 Å². The molecule has 1 aromatic carbocycles. The maximum absolute atomic E-state index is 14.2. The van der Waals surface area contributed by atoms with Gasteiger partial charge in [0.15, 0.2) is 0 Å². The summed E-state index contributed by atoms with van der Waals surface area (Å²) in [5.74, 6) is -0.0900. The molecule has 1 N–H and O–H groups in total. The molecule has 1 aromatic rings. The van der Waals surface area contributed by atoms with E-state index in [2.05, 4.69) is 24.1 Å². The molecule has 0 atom stereocenters. The molecule has 0 aromatic heterocycles. The molecule has 19 heavy (non-hydrogen) atoms. The van der Waals surface area contributed by atoms with Crippen molar-refractivity contribution in [3.8, 4) is 0 Å². The Labute approximate surface area is 116 Å². The lowest BCUT2D eigenvalue weighted by atomic mass is 9.78. The maximum Gasteiger partial charge on any atom is 0.146 e. The van der Waals surface area contributed by atoms with Crippen molar-refractivity contribution in [3.63, 3.8) is 0 Å². The second kappa shape index (κ2) is 5.91. The number of para-hydroxylation sites is 1. The second-order valence-corrected chi connectivity index (χ2v) is 5.93. The first-order valence-corrected chi connectivity index (χ1v) is 7.26. The van der Waals surface area contributed by atoms with Crippen molar-refractivity contribution in [2.45, 2.75) is 39.7 Å². The van der Waals surface area contributed by atoms with Crippen LogP contribution in [0.3, 0.4) is 0 Å². The van der Waals surface area contributed by atoms with E-state index in [0.717, 1.165) is 37.2 Å². The van der Waals surface area contributed by atoms with Gasteiger partial charge < -0.3 is 10.2 Å². The third kappa shape index (κ3) is 3.08. The predicted molar refractivity (Wildman–Crippen MR) is 79.0 cm³/mol. The Morgan fingerprint density at radius 3 is 2.58 bits per heavy atom. The molecule has 2 nitrogen and oxygen atoms in total. The minimum Gasteiger partial charge on any atom is -0.369 e. The monoisotopic (exact) mass is 264 g/mol. The molecule has 0 amide bonds. The summed E-state index contributed by atoms with van der Waals surface area (Å²) in [5.41, 5.74) is 2.29. The maximum atomic E-state index is 14.2. The number of anilines is 1. The number of nitrogens with one attached hydrogen (secondary N) is 1. The minimum absolute atomic E-state index is 0.0900. The van der Waals surface area contributed by atoms with E-state index in [1.165, 1.54) is 6.42 Å². The summed E-state index contributed by atoms with van der Waals surface area (Å²) in [6.45, 7) is 7.24. The van der Waals surface area contributed by atoms with Crippen LogP contribution in [0.4, 0.5) is 10.1 Å². The highest BCUT2D eigenvalue weighted by Crippen LogP contribution is 2.37. The molecule has 0 unspecified atom stereocenters. The largest absolute Gasteiger partial charge is 0.369 e. The molecule has 1 aliphatic heterocycles. The lowest BCUT2D eigenvalue weighted by Gasteiger charge is -2.40. The second-order valence-electron chi connectivity index (χ2n) is 5.93. The average Bonchev–Trinajstić information content (AvgIpc) is 2.41. The number of benzene rings is 1. The summed E-state index contributed by atoms with van der Waals surface area (Å²) in [5, 5.41) is 3.12. The molecule has 1 aliphatic rings. The highest BCUT2D eigenvalue weighted by Gasteiger charge is 2.29. The van der Waals surface area contributed by atoms with Gasteiger partial charge in [-0.1, -0.05) is 32.4 Å². The number of hydrogen-bond donors (Lipinski definition) is 1. The van der Waals surface area contributed by atoms with E-state index < -0.39 is 0 Å². The van der Waals surface area contributed by atoms with Crippen LogP contribution in [0.2, 0.25) is 0 Å². The van der Waals surface area contributed by atoms with Gasteiger partial charge in [-0.2, -0.15) is 0 Å². The molecule has 0 spiro atoms. The topological polar surface area (TPSA) is 15.3 Å². The summed E-state index contributed by atoms with van der Waals surface area (Å²) in [6.07, 6.45) is 3.51. The molecule has 3 heteroatoms. The Kier molecular flexibility index (Phi) is 4.46. The van der Waals surface area contributed by atoms with Crippen LogP contribution in [-0.4, -0.2) is 20.1 Å². The zero-order valence-electron chi connectivity index (χ0n) is 12.3. The number of rotatable bonds is 4. The van der Waals surface area contributed by atoms with Crippen LogP contribution in [-0.2, 0) is 6.54 Å². The first kappa shape index (κ1) is 14.3. The van der Waals surface area contributed by atoms with E-state index in [1.54, 1.807) is 12.1 Å².